The summed E-state index contributed by atoms with van der Waals surface area (Å²) in [6.07, 6.45) is 13.8. The molecule has 158 valence electrons. The number of rotatable bonds is 9. The van der Waals surface area contributed by atoms with E-state index in [0.717, 1.165) is 45.2 Å². The van der Waals surface area contributed by atoms with E-state index in [9.17, 15) is 0 Å². The molecule has 2 saturated heterocycles. The summed E-state index contributed by atoms with van der Waals surface area (Å²) >= 11 is 0. The van der Waals surface area contributed by atoms with Gasteiger partial charge in [0.05, 0.1) is 26.4 Å². The minimum absolute atomic E-state index is 0.0190. The van der Waals surface area contributed by atoms with Gasteiger partial charge in [-0.2, -0.15) is 0 Å². The molecule has 0 amide bonds. The van der Waals surface area contributed by atoms with Gasteiger partial charge in [-0.05, 0) is 50.9 Å². The van der Waals surface area contributed by atoms with Crippen LogP contribution in [0.5, 0.6) is 0 Å². The minimum atomic E-state index is -0.0190. The van der Waals surface area contributed by atoms with E-state index in [1.807, 2.05) is 0 Å². The monoisotopic (exact) mass is 382 g/mol. The van der Waals surface area contributed by atoms with Gasteiger partial charge in [-0.1, -0.05) is 39.5 Å². The first-order valence-corrected chi connectivity index (χ1v) is 11.7. The van der Waals surface area contributed by atoms with Crippen molar-refractivity contribution in [2.45, 2.75) is 97.1 Å². The summed E-state index contributed by atoms with van der Waals surface area (Å²) in [5.74, 6) is 2.64. The van der Waals surface area contributed by atoms with Gasteiger partial charge in [0.15, 0.2) is 12.6 Å². The fraction of sp³-hybridized carbons (Fsp3) is 1.00. The molecule has 2 heterocycles. The molecule has 0 spiro atoms. The fourth-order valence-electron chi connectivity index (χ4n) is 4.94. The fourth-order valence-corrected chi connectivity index (χ4v) is 4.94. The molecule has 2 aliphatic heterocycles. The second kappa shape index (κ2) is 11.7. The summed E-state index contributed by atoms with van der Waals surface area (Å²) in [7, 11) is 0. The molecule has 4 nitrogen and oxygen atoms in total. The SMILES string of the molecule is CCCC[C@H]1CO[C@H](CC[C@H]2CO[C@H]([C@H]3CC[C@H](CCC)CC3)OC2)OC1. The van der Waals surface area contributed by atoms with Crippen LogP contribution in [-0.4, -0.2) is 39.0 Å². The molecule has 0 radical (unpaired) electrons. The Hall–Kier alpha value is -0.160. The average molecular weight is 383 g/mol. The van der Waals surface area contributed by atoms with Crippen LogP contribution in [0.3, 0.4) is 0 Å². The lowest BCUT2D eigenvalue weighted by Gasteiger charge is -2.38. The van der Waals surface area contributed by atoms with Gasteiger partial charge in [0.25, 0.3) is 0 Å². The van der Waals surface area contributed by atoms with Gasteiger partial charge in [0, 0.05) is 17.8 Å². The van der Waals surface area contributed by atoms with Crippen molar-refractivity contribution in [1.82, 2.24) is 0 Å². The van der Waals surface area contributed by atoms with Crippen LogP contribution in [0.4, 0.5) is 0 Å². The zero-order valence-corrected chi connectivity index (χ0v) is 17.7. The highest BCUT2D eigenvalue weighted by Gasteiger charge is 2.32. The van der Waals surface area contributed by atoms with Gasteiger partial charge in [-0.3, -0.25) is 0 Å². The van der Waals surface area contributed by atoms with E-state index in [4.69, 9.17) is 18.9 Å². The Labute approximate surface area is 166 Å². The van der Waals surface area contributed by atoms with Crippen molar-refractivity contribution in [2.75, 3.05) is 26.4 Å². The number of unbranched alkanes of at least 4 members (excludes halogenated alkanes) is 1. The van der Waals surface area contributed by atoms with Crippen molar-refractivity contribution < 1.29 is 18.9 Å². The van der Waals surface area contributed by atoms with E-state index in [-0.39, 0.29) is 12.6 Å². The van der Waals surface area contributed by atoms with E-state index in [2.05, 4.69) is 13.8 Å². The maximum absolute atomic E-state index is 6.12. The van der Waals surface area contributed by atoms with Crippen molar-refractivity contribution in [1.29, 1.82) is 0 Å². The predicted molar refractivity (Wildman–Crippen MR) is 107 cm³/mol. The summed E-state index contributed by atoms with van der Waals surface area (Å²) in [4.78, 5) is 0. The summed E-state index contributed by atoms with van der Waals surface area (Å²) in [6.45, 7) is 7.95. The molecule has 1 aliphatic carbocycles. The highest BCUT2D eigenvalue weighted by atomic mass is 16.7. The minimum Gasteiger partial charge on any atom is -0.352 e. The van der Waals surface area contributed by atoms with Crippen LogP contribution in [0.2, 0.25) is 0 Å². The van der Waals surface area contributed by atoms with E-state index in [1.54, 1.807) is 0 Å². The molecular weight excluding hydrogens is 340 g/mol. The summed E-state index contributed by atoms with van der Waals surface area (Å²) in [6, 6.07) is 0. The molecular formula is C23H42O4. The van der Waals surface area contributed by atoms with Crippen molar-refractivity contribution in [3.63, 3.8) is 0 Å². The Morgan fingerprint density at radius 2 is 1.22 bits per heavy atom. The Balaban J connectivity index is 1.26. The Morgan fingerprint density at radius 1 is 0.593 bits per heavy atom. The third-order valence-electron chi connectivity index (χ3n) is 6.78. The van der Waals surface area contributed by atoms with Gasteiger partial charge < -0.3 is 18.9 Å². The molecule has 3 rings (SSSR count). The van der Waals surface area contributed by atoms with Gasteiger partial charge in [0.1, 0.15) is 0 Å². The summed E-state index contributed by atoms with van der Waals surface area (Å²) < 4.78 is 24.1. The highest BCUT2D eigenvalue weighted by molar-refractivity contribution is 4.77. The van der Waals surface area contributed by atoms with Gasteiger partial charge in [-0.25, -0.2) is 0 Å². The van der Waals surface area contributed by atoms with Gasteiger partial charge >= 0.3 is 0 Å². The van der Waals surface area contributed by atoms with Gasteiger partial charge in [0.2, 0.25) is 0 Å². The molecule has 0 aromatic rings. The van der Waals surface area contributed by atoms with E-state index in [0.29, 0.717) is 17.8 Å². The van der Waals surface area contributed by atoms with Gasteiger partial charge in [-0.15, -0.1) is 0 Å². The molecule has 0 atom stereocenters. The van der Waals surface area contributed by atoms with Crippen LogP contribution in [0, 0.1) is 23.7 Å². The smallest absolute Gasteiger partial charge is 0.160 e. The predicted octanol–water partition coefficient (Wildman–Crippen LogP) is 5.54. The normalized spacial score (nSPS) is 38.0. The third kappa shape index (κ3) is 6.99. The molecule has 3 aliphatic rings. The first-order chi connectivity index (χ1) is 13.3. The molecule has 0 aromatic carbocycles. The second-order valence-electron chi connectivity index (χ2n) is 9.15. The number of ether oxygens (including phenoxy) is 4. The van der Waals surface area contributed by atoms with Crippen LogP contribution in [0.1, 0.15) is 84.5 Å². The molecule has 0 aromatic heterocycles. The number of hydrogen-bond acceptors (Lipinski definition) is 4. The molecule has 4 heteroatoms. The second-order valence-corrected chi connectivity index (χ2v) is 9.15. The highest BCUT2D eigenvalue weighted by Crippen LogP contribution is 2.36. The van der Waals surface area contributed by atoms with Crippen molar-refractivity contribution in [2.24, 2.45) is 23.7 Å². The van der Waals surface area contributed by atoms with Crippen molar-refractivity contribution in [3.8, 4) is 0 Å². The Morgan fingerprint density at radius 3 is 1.85 bits per heavy atom. The molecule has 1 saturated carbocycles. The van der Waals surface area contributed by atoms with Crippen molar-refractivity contribution >= 4 is 0 Å². The van der Waals surface area contributed by atoms with Crippen molar-refractivity contribution in [3.05, 3.63) is 0 Å². The topological polar surface area (TPSA) is 36.9 Å². The zero-order valence-electron chi connectivity index (χ0n) is 17.7. The summed E-state index contributed by atoms with van der Waals surface area (Å²) in [5.41, 5.74) is 0. The van der Waals surface area contributed by atoms with E-state index < -0.39 is 0 Å². The summed E-state index contributed by atoms with van der Waals surface area (Å²) in [5, 5.41) is 0. The molecule has 3 fully saturated rings. The first-order valence-electron chi connectivity index (χ1n) is 11.7. The Kier molecular flexibility index (Phi) is 9.37. The lowest BCUT2D eigenvalue weighted by atomic mass is 9.79. The maximum Gasteiger partial charge on any atom is 0.160 e. The largest absolute Gasteiger partial charge is 0.352 e. The lowest BCUT2D eigenvalue weighted by Crippen LogP contribution is -2.39. The molecule has 27 heavy (non-hydrogen) atoms. The van der Waals surface area contributed by atoms with Crippen LogP contribution in [-0.2, 0) is 18.9 Å². The lowest BCUT2D eigenvalue weighted by molar-refractivity contribution is -0.236. The van der Waals surface area contributed by atoms with Crippen LogP contribution < -0.4 is 0 Å². The maximum atomic E-state index is 6.12. The standard InChI is InChI=1S/C23H42O4/c1-3-5-7-19-14-24-22(25-15-19)13-10-20-16-26-23(27-17-20)21-11-8-18(6-4-2)9-12-21/h18-23H,3-17H2,1-2H3/t18-,19-,20-,21-,22-,23-. The van der Waals surface area contributed by atoms with Crippen LogP contribution in [0.25, 0.3) is 0 Å². The first kappa shape index (κ1) is 21.5. The average Bonchev–Trinajstić information content (AvgIpc) is 2.73. The molecule has 0 unspecified atom stereocenters. The quantitative estimate of drug-likeness (QED) is 0.524. The third-order valence-corrected chi connectivity index (χ3v) is 6.78. The zero-order chi connectivity index (χ0) is 18.9. The molecule has 0 bridgehead atoms. The molecule has 0 N–H and O–H groups in total. The number of hydrogen-bond donors (Lipinski definition) is 0. The van der Waals surface area contributed by atoms with E-state index >= 15 is 0 Å². The van der Waals surface area contributed by atoms with Crippen LogP contribution in [0.15, 0.2) is 0 Å². The Bertz CT molecular complexity index is 378. The van der Waals surface area contributed by atoms with Crippen LogP contribution >= 0.6 is 0 Å². The van der Waals surface area contributed by atoms with E-state index in [1.165, 1.54) is 57.8 Å².